The van der Waals surface area contributed by atoms with Crippen molar-refractivity contribution in [3.05, 3.63) is 47.6 Å². The van der Waals surface area contributed by atoms with Crippen molar-refractivity contribution in [3.63, 3.8) is 0 Å². The number of carbonyl (C=O) groups is 1. The molecule has 1 amide bonds. The van der Waals surface area contributed by atoms with Crippen LogP contribution in [0.25, 0.3) is 0 Å². The van der Waals surface area contributed by atoms with Crippen molar-refractivity contribution >= 4 is 75.8 Å². The van der Waals surface area contributed by atoms with Gasteiger partial charge in [-0.3, -0.25) is 4.79 Å². The standard InChI is InChI=1S/C12H6Br4N2O3/c13-6-1-5(10(19)7(14)2-6)4-17-18-12(20)9-3-8(15)11(16)21-9/h1-4,19H,(H,18,20)/b17-4-. The fourth-order valence-electron chi connectivity index (χ4n) is 1.36. The van der Waals surface area contributed by atoms with Gasteiger partial charge in [0.2, 0.25) is 0 Å². The molecule has 0 aliphatic carbocycles. The minimum absolute atomic E-state index is 0.0275. The molecule has 0 aliphatic rings. The van der Waals surface area contributed by atoms with Gasteiger partial charge in [0.1, 0.15) is 5.75 Å². The normalized spacial score (nSPS) is 11.0. The average Bonchev–Trinajstić information content (AvgIpc) is 2.75. The number of phenols is 1. The molecule has 0 aliphatic heterocycles. The van der Waals surface area contributed by atoms with Crippen LogP contribution < -0.4 is 5.43 Å². The molecule has 1 aromatic carbocycles. The van der Waals surface area contributed by atoms with Gasteiger partial charge in [0.05, 0.1) is 15.2 Å². The number of aromatic hydroxyl groups is 1. The molecule has 0 fully saturated rings. The Morgan fingerprint density at radius 3 is 2.52 bits per heavy atom. The molecule has 0 bridgehead atoms. The van der Waals surface area contributed by atoms with Gasteiger partial charge in [-0.25, -0.2) is 5.43 Å². The number of amides is 1. The average molecular weight is 546 g/mol. The number of rotatable bonds is 3. The number of halogens is 4. The molecule has 5 nitrogen and oxygen atoms in total. The highest BCUT2D eigenvalue weighted by molar-refractivity contribution is 9.13. The lowest BCUT2D eigenvalue weighted by Gasteiger charge is -2.02. The molecule has 2 rings (SSSR count). The maximum absolute atomic E-state index is 11.8. The summed E-state index contributed by atoms with van der Waals surface area (Å²) in [7, 11) is 0. The van der Waals surface area contributed by atoms with E-state index in [-0.39, 0.29) is 11.5 Å². The molecular formula is C12H6Br4N2O3. The van der Waals surface area contributed by atoms with Gasteiger partial charge in [0.15, 0.2) is 10.4 Å². The first-order chi connectivity index (χ1) is 9.88. The van der Waals surface area contributed by atoms with E-state index < -0.39 is 5.91 Å². The lowest BCUT2D eigenvalue weighted by atomic mass is 10.2. The maximum atomic E-state index is 11.8. The van der Waals surface area contributed by atoms with Crippen molar-refractivity contribution in [1.82, 2.24) is 5.43 Å². The molecule has 2 aromatic rings. The van der Waals surface area contributed by atoms with Gasteiger partial charge >= 0.3 is 5.91 Å². The highest BCUT2D eigenvalue weighted by atomic mass is 79.9. The molecule has 21 heavy (non-hydrogen) atoms. The summed E-state index contributed by atoms with van der Waals surface area (Å²) in [5.74, 6) is -0.378. The molecule has 0 spiro atoms. The molecule has 1 aromatic heterocycles. The molecule has 0 unspecified atom stereocenters. The van der Waals surface area contributed by atoms with E-state index >= 15 is 0 Å². The molecule has 110 valence electrons. The van der Waals surface area contributed by atoms with Crippen LogP contribution in [0, 0.1) is 0 Å². The van der Waals surface area contributed by atoms with Crippen LogP contribution in [0.5, 0.6) is 5.75 Å². The molecule has 0 radical (unpaired) electrons. The van der Waals surface area contributed by atoms with Crippen LogP contribution in [-0.2, 0) is 0 Å². The van der Waals surface area contributed by atoms with Gasteiger partial charge < -0.3 is 9.52 Å². The number of furan rings is 1. The number of nitrogens with zero attached hydrogens (tertiary/aromatic N) is 1. The summed E-state index contributed by atoms with van der Waals surface area (Å²) in [6, 6.07) is 4.88. The van der Waals surface area contributed by atoms with E-state index in [2.05, 4.69) is 74.2 Å². The van der Waals surface area contributed by atoms with Crippen LogP contribution in [0.4, 0.5) is 0 Å². The molecule has 2 N–H and O–H groups in total. The van der Waals surface area contributed by atoms with E-state index in [4.69, 9.17) is 4.42 Å². The number of phenolic OH excluding ortho intramolecular Hbond substituents is 1. The minimum Gasteiger partial charge on any atom is -0.506 e. The highest BCUT2D eigenvalue weighted by Crippen LogP contribution is 2.30. The largest absolute Gasteiger partial charge is 0.506 e. The molecule has 1 heterocycles. The number of carbonyl (C=O) groups excluding carboxylic acids is 1. The molecular weight excluding hydrogens is 540 g/mol. The fourth-order valence-corrected chi connectivity index (χ4v) is 3.19. The highest BCUT2D eigenvalue weighted by Gasteiger charge is 2.13. The van der Waals surface area contributed by atoms with E-state index in [0.717, 1.165) is 4.47 Å². The summed E-state index contributed by atoms with van der Waals surface area (Å²) in [6.45, 7) is 0. The van der Waals surface area contributed by atoms with Crippen molar-refractivity contribution in [2.75, 3.05) is 0 Å². The Labute approximate surface area is 153 Å². The van der Waals surface area contributed by atoms with Gasteiger partial charge in [-0.05, 0) is 59.9 Å². The molecule has 0 saturated heterocycles. The Bertz CT molecular complexity index is 708. The predicted molar refractivity (Wildman–Crippen MR) is 92.7 cm³/mol. The van der Waals surface area contributed by atoms with Crippen LogP contribution in [0.2, 0.25) is 0 Å². The number of nitrogens with one attached hydrogen (secondary N) is 1. The van der Waals surface area contributed by atoms with Crippen molar-refractivity contribution in [2.45, 2.75) is 0 Å². The molecule has 0 atom stereocenters. The SMILES string of the molecule is O=C(N/N=C\c1cc(Br)cc(Br)c1O)c1cc(Br)c(Br)o1. The first-order valence-corrected chi connectivity index (χ1v) is 8.52. The number of hydrogen-bond donors (Lipinski definition) is 2. The summed E-state index contributed by atoms with van der Waals surface area (Å²) in [4.78, 5) is 11.8. The number of hydrazone groups is 1. The Morgan fingerprint density at radius 1 is 1.19 bits per heavy atom. The zero-order chi connectivity index (χ0) is 15.6. The Kier molecular flexibility index (Phi) is 5.64. The Hall–Kier alpha value is -0.640. The van der Waals surface area contributed by atoms with E-state index in [9.17, 15) is 9.90 Å². The van der Waals surface area contributed by atoms with Crippen molar-refractivity contribution in [2.24, 2.45) is 5.10 Å². The lowest BCUT2D eigenvalue weighted by molar-refractivity contribution is 0.0926. The van der Waals surface area contributed by atoms with Gasteiger partial charge in [0, 0.05) is 16.1 Å². The third-order valence-electron chi connectivity index (χ3n) is 2.30. The summed E-state index contributed by atoms with van der Waals surface area (Å²) in [6.07, 6.45) is 1.33. The summed E-state index contributed by atoms with van der Waals surface area (Å²) < 4.78 is 7.49. The third-order valence-corrected chi connectivity index (χ3v) is 5.07. The van der Waals surface area contributed by atoms with Crippen LogP contribution in [0.3, 0.4) is 0 Å². The predicted octanol–water partition coefficient (Wildman–Crippen LogP) is 4.80. The van der Waals surface area contributed by atoms with Crippen molar-refractivity contribution < 1.29 is 14.3 Å². The maximum Gasteiger partial charge on any atom is 0.307 e. The third kappa shape index (κ3) is 4.18. The second-order valence-electron chi connectivity index (χ2n) is 3.76. The summed E-state index contributed by atoms with van der Waals surface area (Å²) in [5.41, 5.74) is 2.75. The fraction of sp³-hybridized carbons (Fsp3) is 0. The van der Waals surface area contributed by atoms with E-state index in [0.29, 0.717) is 19.2 Å². The number of hydrogen-bond acceptors (Lipinski definition) is 4. The Morgan fingerprint density at radius 2 is 1.90 bits per heavy atom. The summed E-state index contributed by atoms with van der Waals surface area (Å²) >= 11 is 12.9. The van der Waals surface area contributed by atoms with Crippen molar-refractivity contribution in [1.29, 1.82) is 0 Å². The van der Waals surface area contributed by atoms with Crippen LogP contribution in [0.1, 0.15) is 16.1 Å². The first-order valence-electron chi connectivity index (χ1n) is 5.34. The van der Waals surface area contributed by atoms with Gasteiger partial charge in [0.25, 0.3) is 0 Å². The first kappa shape index (κ1) is 16.7. The van der Waals surface area contributed by atoms with E-state index in [1.54, 1.807) is 12.1 Å². The van der Waals surface area contributed by atoms with Gasteiger partial charge in [-0.1, -0.05) is 15.9 Å². The molecule has 0 saturated carbocycles. The monoisotopic (exact) mass is 542 g/mol. The Balaban J connectivity index is 2.11. The second kappa shape index (κ2) is 7.08. The lowest BCUT2D eigenvalue weighted by Crippen LogP contribution is -2.16. The zero-order valence-corrected chi connectivity index (χ0v) is 16.4. The van der Waals surface area contributed by atoms with Crippen LogP contribution in [-0.4, -0.2) is 17.2 Å². The van der Waals surface area contributed by atoms with E-state index in [1.807, 2.05) is 0 Å². The van der Waals surface area contributed by atoms with Crippen molar-refractivity contribution in [3.8, 4) is 5.75 Å². The van der Waals surface area contributed by atoms with Crippen LogP contribution in [0.15, 0.2) is 45.8 Å². The van der Waals surface area contributed by atoms with Gasteiger partial charge in [-0.2, -0.15) is 5.10 Å². The smallest absolute Gasteiger partial charge is 0.307 e. The zero-order valence-electron chi connectivity index (χ0n) is 10.0. The minimum atomic E-state index is -0.508. The summed E-state index contributed by atoms with van der Waals surface area (Å²) in [5, 5.41) is 13.6. The number of benzene rings is 1. The van der Waals surface area contributed by atoms with E-state index in [1.165, 1.54) is 12.3 Å². The topological polar surface area (TPSA) is 74.8 Å². The second-order valence-corrected chi connectivity index (χ2v) is 7.10. The molecule has 9 heteroatoms. The van der Waals surface area contributed by atoms with Crippen LogP contribution >= 0.6 is 63.7 Å². The van der Waals surface area contributed by atoms with Gasteiger partial charge in [-0.15, -0.1) is 0 Å². The quantitative estimate of drug-likeness (QED) is 0.430.